The minimum Gasteiger partial charge on any atom is -0.497 e. The second-order valence-corrected chi connectivity index (χ2v) is 7.44. The molecular formula is C25H28N2O4. The van der Waals surface area contributed by atoms with E-state index in [1.165, 1.54) is 0 Å². The van der Waals surface area contributed by atoms with Crippen molar-refractivity contribution in [1.82, 2.24) is 10.5 Å². The summed E-state index contributed by atoms with van der Waals surface area (Å²) in [6, 6.07) is 19.7. The Hall–Kier alpha value is -3.38. The number of nitrogens with one attached hydrogen (secondary N) is 2. The molecule has 31 heavy (non-hydrogen) atoms. The van der Waals surface area contributed by atoms with Crippen LogP contribution in [0.5, 0.6) is 5.75 Å². The van der Waals surface area contributed by atoms with Crippen molar-refractivity contribution in [2.75, 3.05) is 7.11 Å². The molecule has 0 saturated carbocycles. The number of carbonyl (C=O) groups is 2. The molecule has 1 amide bonds. The first-order valence-electron chi connectivity index (χ1n) is 10.5. The van der Waals surface area contributed by atoms with E-state index in [1.807, 2.05) is 60.7 Å². The van der Waals surface area contributed by atoms with Crippen LogP contribution in [-0.2, 0) is 4.79 Å². The molecule has 1 heterocycles. The van der Waals surface area contributed by atoms with Crippen LogP contribution >= 0.6 is 0 Å². The van der Waals surface area contributed by atoms with Gasteiger partial charge in [0.25, 0.3) is 0 Å². The average Bonchev–Trinajstić information content (AvgIpc) is 3.27. The first-order chi connectivity index (χ1) is 15.1. The minimum absolute atomic E-state index is 0.0705. The quantitative estimate of drug-likeness (QED) is 0.168. The number of carbonyl (C=O) groups excluding carboxylic acids is 2. The van der Waals surface area contributed by atoms with E-state index < -0.39 is 0 Å². The number of benzene rings is 2. The molecule has 162 valence electrons. The molecule has 0 fully saturated rings. The second-order valence-electron chi connectivity index (χ2n) is 7.44. The van der Waals surface area contributed by atoms with E-state index in [4.69, 9.17) is 9.94 Å². The Morgan fingerprint density at radius 1 is 0.903 bits per heavy atom. The zero-order valence-corrected chi connectivity index (χ0v) is 17.7. The van der Waals surface area contributed by atoms with Crippen LogP contribution in [0.2, 0.25) is 0 Å². The van der Waals surface area contributed by atoms with E-state index in [9.17, 15) is 9.59 Å². The second kappa shape index (κ2) is 11.1. The summed E-state index contributed by atoms with van der Waals surface area (Å²) in [4.78, 5) is 27.4. The molecule has 0 spiro atoms. The first-order valence-corrected chi connectivity index (χ1v) is 10.5. The average molecular weight is 421 g/mol. The normalized spacial score (nSPS) is 10.6. The van der Waals surface area contributed by atoms with Crippen molar-refractivity contribution in [3.05, 3.63) is 66.4 Å². The van der Waals surface area contributed by atoms with E-state index >= 15 is 0 Å². The number of ether oxygens (including phenoxy) is 1. The number of H-pyrrole nitrogens is 1. The van der Waals surface area contributed by atoms with Gasteiger partial charge in [0.1, 0.15) is 5.75 Å². The topological polar surface area (TPSA) is 91.4 Å². The van der Waals surface area contributed by atoms with Crippen LogP contribution in [0.4, 0.5) is 0 Å². The zero-order valence-electron chi connectivity index (χ0n) is 17.7. The number of amides is 1. The Morgan fingerprint density at radius 3 is 2.23 bits per heavy atom. The molecule has 0 aliphatic heterocycles. The number of hydrogen-bond acceptors (Lipinski definition) is 4. The summed E-state index contributed by atoms with van der Waals surface area (Å²) in [7, 11) is 1.63. The molecule has 6 nitrogen and oxygen atoms in total. The number of aromatic nitrogens is 1. The number of rotatable bonds is 11. The number of methoxy groups -OCH3 is 1. The molecule has 0 atom stereocenters. The SMILES string of the molecule is COc1ccc(-c2cc(-c3ccccc3)[nH]c2C(=O)CCCCCCC(=O)NO)cc1. The van der Waals surface area contributed by atoms with Crippen LogP contribution < -0.4 is 10.2 Å². The van der Waals surface area contributed by atoms with E-state index in [2.05, 4.69) is 4.98 Å². The van der Waals surface area contributed by atoms with Crippen LogP contribution in [0.15, 0.2) is 60.7 Å². The van der Waals surface area contributed by atoms with Gasteiger partial charge in [-0.05, 0) is 42.2 Å². The van der Waals surface area contributed by atoms with Crippen molar-refractivity contribution in [2.24, 2.45) is 0 Å². The van der Waals surface area contributed by atoms with Gasteiger partial charge in [-0.25, -0.2) is 5.48 Å². The Morgan fingerprint density at radius 2 is 1.58 bits per heavy atom. The minimum atomic E-state index is -0.375. The molecule has 3 aromatic rings. The molecule has 6 heteroatoms. The predicted octanol–water partition coefficient (Wildman–Crippen LogP) is 5.39. The van der Waals surface area contributed by atoms with Crippen LogP contribution in [0.1, 0.15) is 49.0 Å². The molecule has 0 aliphatic carbocycles. The lowest BCUT2D eigenvalue weighted by atomic mass is 10.0. The molecular weight excluding hydrogens is 392 g/mol. The molecule has 0 unspecified atom stereocenters. The van der Waals surface area contributed by atoms with Gasteiger partial charge in [0.2, 0.25) is 5.91 Å². The lowest BCUT2D eigenvalue weighted by Gasteiger charge is -2.06. The third-order valence-corrected chi connectivity index (χ3v) is 5.26. The fourth-order valence-electron chi connectivity index (χ4n) is 3.55. The Balaban J connectivity index is 1.73. The third kappa shape index (κ3) is 6.06. The molecule has 3 N–H and O–H groups in total. The van der Waals surface area contributed by atoms with Gasteiger partial charge in [-0.15, -0.1) is 0 Å². The van der Waals surface area contributed by atoms with Crippen molar-refractivity contribution in [1.29, 1.82) is 0 Å². The van der Waals surface area contributed by atoms with Crippen molar-refractivity contribution < 1.29 is 19.5 Å². The molecule has 0 saturated heterocycles. The zero-order chi connectivity index (χ0) is 22.1. The van der Waals surface area contributed by atoms with Gasteiger partial charge in [-0.1, -0.05) is 55.3 Å². The van der Waals surface area contributed by atoms with Crippen molar-refractivity contribution in [3.8, 4) is 28.1 Å². The monoisotopic (exact) mass is 420 g/mol. The third-order valence-electron chi connectivity index (χ3n) is 5.26. The largest absolute Gasteiger partial charge is 0.497 e. The maximum atomic E-state index is 13.0. The number of Topliss-reactive ketones (excluding diaryl/α,β-unsaturated/α-hetero) is 1. The van der Waals surface area contributed by atoms with Crippen LogP contribution in [0.3, 0.4) is 0 Å². The van der Waals surface area contributed by atoms with Gasteiger partial charge < -0.3 is 9.72 Å². The Bertz CT molecular complexity index is 994. The van der Waals surface area contributed by atoms with Gasteiger partial charge in [0.15, 0.2) is 5.78 Å². The van der Waals surface area contributed by atoms with Crippen molar-refractivity contribution in [3.63, 3.8) is 0 Å². The summed E-state index contributed by atoms with van der Waals surface area (Å²) in [5, 5.41) is 8.52. The summed E-state index contributed by atoms with van der Waals surface area (Å²) in [6.45, 7) is 0. The lowest BCUT2D eigenvalue weighted by Crippen LogP contribution is -2.17. The highest BCUT2D eigenvalue weighted by molar-refractivity contribution is 6.02. The van der Waals surface area contributed by atoms with E-state index in [-0.39, 0.29) is 11.7 Å². The molecule has 0 bridgehead atoms. The number of unbranched alkanes of at least 4 members (excludes halogenated alkanes) is 3. The van der Waals surface area contributed by atoms with E-state index in [1.54, 1.807) is 12.6 Å². The number of aromatic amines is 1. The van der Waals surface area contributed by atoms with Crippen molar-refractivity contribution in [2.45, 2.75) is 38.5 Å². The predicted molar refractivity (Wildman–Crippen MR) is 120 cm³/mol. The van der Waals surface area contributed by atoms with Gasteiger partial charge in [-0.3, -0.25) is 14.8 Å². The summed E-state index contributed by atoms with van der Waals surface area (Å²) in [5.74, 6) is 0.464. The fraction of sp³-hybridized carbons (Fsp3) is 0.280. The van der Waals surface area contributed by atoms with Gasteiger partial charge >= 0.3 is 0 Å². The van der Waals surface area contributed by atoms with Gasteiger partial charge in [0.05, 0.1) is 12.8 Å². The van der Waals surface area contributed by atoms with Gasteiger partial charge in [-0.2, -0.15) is 0 Å². The molecule has 0 aliphatic rings. The molecule has 3 rings (SSSR count). The summed E-state index contributed by atoms with van der Waals surface area (Å²) >= 11 is 0. The first kappa shape index (κ1) is 22.3. The standard InChI is InChI=1S/C25H28N2O4/c1-31-20-15-13-18(14-16-20)21-17-22(19-9-5-4-6-10-19)26-25(21)23(28)11-7-2-3-8-12-24(29)27-30/h4-6,9-10,13-17,26,30H,2-3,7-8,11-12H2,1H3,(H,27,29). The number of hydroxylamine groups is 1. The Labute approximate surface area is 182 Å². The number of hydrogen-bond donors (Lipinski definition) is 3. The number of ketones is 1. The molecule has 0 radical (unpaired) electrons. The summed E-state index contributed by atoms with van der Waals surface area (Å²) in [6.07, 6.45) is 3.87. The highest BCUT2D eigenvalue weighted by atomic mass is 16.5. The smallest absolute Gasteiger partial charge is 0.243 e. The van der Waals surface area contributed by atoms with E-state index in [0.29, 0.717) is 25.0 Å². The summed E-state index contributed by atoms with van der Waals surface area (Å²) in [5.41, 5.74) is 6.02. The van der Waals surface area contributed by atoms with Crippen LogP contribution in [0, 0.1) is 0 Å². The fourth-order valence-corrected chi connectivity index (χ4v) is 3.55. The lowest BCUT2D eigenvalue weighted by molar-refractivity contribution is -0.129. The summed E-state index contributed by atoms with van der Waals surface area (Å²) < 4.78 is 5.25. The highest BCUT2D eigenvalue weighted by Crippen LogP contribution is 2.32. The highest BCUT2D eigenvalue weighted by Gasteiger charge is 2.17. The maximum Gasteiger partial charge on any atom is 0.243 e. The van der Waals surface area contributed by atoms with Crippen LogP contribution in [0.25, 0.3) is 22.4 Å². The van der Waals surface area contributed by atoms with Crippen molar-refractivity contribution >= 4 is 11.7 Å². The van der Waals surface area contributed by atoms with Crippen LogP contribution in [-0.4, -0.2) is 29.0 Å². The molecule has 2 aromatic carbocycles. The van der Waals surface area contributed by atoms with E-state index in [0.717, 1.165) is 47.4 Å². The maximum absolute atomic E-state index is 13.0. The van der Waals surface area contributed by atoms with Gasteiger partial charge in [0, 0.05) is 24.1 Å². The Kier molecular flexibility index (Phi) is 8.01. The molecule has 1 aromatic heterocycles.